The van der Waals surface area contributed by atoms with Gasteiger partial charge < -0.3 is 14.8 Å². The van der Waals surface area contributed by atoms with Crippen molar-refractivity contribution >= 4 is 0 Å². The quantitative estimate of drug-likeness (QED) is 0.773. The van der Waals surface area contributed by atoms with Crippen molar-refractivity contribution in [3.8, 4) is 28.3 Å². The van der Waals surface area contributed by atoms with E-state index in [0.717, 1.165) is 28.3 Å². The molecule has 0 saturated heterocycles. The minimum Gasteiger partial charge on any atom is -0.496 e. The highest BCUT2D eigenvalue weighted by molar-refractivity contribution is 5.77. The number of hydrogen-bond acceptors (Lipinski definition) is 3. The number of ether oxygens (including phenoxy) is 1. The summed E-state index contributed by atoms with van der Waals surface area (Å²) in [7, 11) is 1.68. The Morgan fingerprint density at radius 2 is 1.95 bits per heavy atom. The molecule has 0 aliphatic rings. The average Bonchev–Trinajstić information content (AvgIpc) is 3.04. The standard InChI is InChI=1S/C18H18N2O2/c1-12-7-8-13(18-19-10-14(11-21)20-18)9-16(12)15-5-3-4-6-17(15)22-2/h3-10,21H,11H2,1-2H3,(H,19,20). The van der Waals surface area contributed by atoms with Crippen molar-refractivity contribution in [1.29, 1.82) is 0 Å². The van der Waals surface area contributed by atoms with Crippen LogP contribution in [0.2, 0.25) is 0 Å². The number of nitrogens with one attached hydrogen (secondary N) is 1. The molecule has 0 aliphatic carbocycles. The summed E-state index contributed by atoms with van der Waals surface area (Å²) in [4.78, 5) is 7.43. The fourth-order valence-electron chi connectivity index (χ4n) is 2.51. The fraction of sp³-hybridized carbons (Fsp3) is 0.167. The third-order valence-electron chi connectivity index (χ3n) is 3.71. The highest BCUT2D eigenvalue weighted by Crippen LogP contribution is 2.34. The van der Waals surface area contributed by atoms with E-state index in [1.54, 1.807) is 13.3 Å². The highest BCUT2D eigenvalue weighted by Gasteiger charge is 2.11. The normalized spacial score (nSPS) is 10.7. The molecule has 3 rings (SSSR count). The smallest absolute Gasteiger partial charge is 0.137 e. The number of aromatic amines is 1. The first-order chi connectivity index (χ1) is 10.7. The average molecular weight is 294 g/mol. The molecule has 0 atom stereocenters. The van der Waals surface area contributed by atoms with Gasteiger partial charge in [0, 0.05) is 11.1 Å². The molecule has 4 nitrogen and oxygen atoms in total. The van der Waals surface area contributed by atoms with E-state index < -0.39 is 0 Å². The van der Waals surface area contributed by atoms with Crippen molar-refractivity contribution < 1.29 is 9.84 Å². The van der Waals surface area contributed by atoms with E-state index in [2.05, 4.69) is 29.0 Å². The molecule has 0 unspecified atom stereocenters. The van der Waals surface area contributed by atoms with Gasteiger partial charge >= 0.3 is 0 Å². The molecule has 0 bridgehead atoms. The molecule has 0 radical (unpaired) electrons. The summed E-state index contributed by atoms with van der Waals surface area (Å²) in [5.41, 5.74) is 5.01. The molecular weight excluding hydrogens is 276 g/mol. The number of aromatic nitrogens is 2. The minimum atomic E-state index is -0.0434. The second-order valence-corrected chi connectivity index (χ2v) is 5.15. The molecule has 0 spiro atoms. The molecular formula is C18H18N2O2. The van der Waals surface area contributed by atoms with Crippen LogP contribution in [-0.4, -0.2) is 22.2 Å². The van der Waals surface area contributed by atoms with Crippen LogP contribution in [0.15, 0.2) is 48.7 Å². The summed E-state index contributed by atoms with van der Waals surface area (Å²) in [6, 6.07) is 14.1. The summed E-state index contributed by atoms with van der Waals surface area (Å²) in [5.74, 6) is 1.60. The van der Waals surface area contributed by atoms with Crippen molar-refractivity contribution in [2.75, 3.05) is 7.11 Å². The first-order valence-electron chi connectivity index (χ1n) is 7.12. The van der Waals surface area contributed by atoms with E-state index >= 15 is 0 Å². The number of methoxy groups -OCH3 is 1. The van der Waals surface area contributed by atoms with Crippen LogP contribution >= 0.6 is 0 Å². The summed E-state index contributed by atoms with van der Waals surface area (Å²) in [5, 5.41) is 9.16. The van der Waals surface area contributed by atoms with Gasteiger partial charge in [0.2, 0.25) is 0 Å². The molecule has 1 aromatic heterocycles. The maximum absolute atomic E-state index is 9.16. The van der Waals surface area contributed by atoms with Crippen LogP contribution in [0.3, 0.4) is 0 Å². The Bertz CT molecular complexity index is 793. The summed E-state index contributed by atoms with van der Waals surface area (Å²) in [6.07, 6.45) is 1.65. The second kappa shape index (κ2) is 6.03. The van der Waals surface area contributed by atoms with Crippen molar-refractivity contribution in [3.05, 3.63) is 59.9 Å². The lowest BCUT2D eigenvalue weighted by molar-refractivity contribution is 0.277. The summed E-state index contributed by atoms with van der Waals surface area (Å²) in [6.45, 7) is 2.03. The largest absolute Gasteiger partial charge is 0.496 e. The predicted molar refractivity (Wildman–Crippen MR) is 86.7 cm³/mol. The van der Waals surface area contributed by atoms with Crippen LogP contribution in [0, 0.1) is 6.92 Å². The molecule has 2 N–H and O–H groups in total. The van der Waals surface area contributed by atoms with Crippen LogP contribution in [0.5, 0.6) is 5.75 Å². The van der Waals surface area contributed by atoms with Crippen molar-refractivity contribution in [2.45, 2.75) is 13.5 Å². The monoisotopic (exact) mass is 294 g/mol. The Kier molecular flexibility index (Phi) is 3.94. The second-order valence-electron chi connectivity index (χ2n) is 5.15. The Morgan fingerprint density at radius 1 is 1.14 bits per heavy atom. The first-order valence-corrected chi connectivity index (χ1v) is 7.12. The summed E-state index contributed by atoms with van der Waals surface area (Å²) < 4.78 is 5.47. The van der Waals surface area contributed by atoms with Gasteiger partial charge in [-0.15, -0.1) is 0 Å². The van der Waals surface area contributed by atoms with Gasteiger partial charge in [0.1, 0.15) is 11.6 Å². The zero-order valence-electron chi connectivity index (χ0n) is 12.6. The molecule has 0 saturated carbocycles. The maximum Gasteiger partial charge on any atom is 0.137 e. The van der Waals surface area contributed by atoms with Gasteiger partial charge in [0.15, 0.2) is 0 Å². The number of nitrogens with zero attached hydrogens (tertiary/aromatic N) is 1. The van der Waals surface area contributed by atoms with E-state index in [0.29, 0.717) is 5.69 Å². The molecule has 2 aromatic carbocycles. The number of rotatable bonds is 4. The number of hydrogen-bond donors (Lipinski definition) is 2. The van der Waals surface area contributed by atoms with Gasteiger partial charge in [-0.3, -0.25) is 0 Å². The Morgan fingerprint density at radius 3 is 2.68 bits per heavy atom. The molecule has 3 aromatic rings. The molecule has 0 fully saturated rings. The van der Waals surface area contributed by atoms with E-state index in [-0.39, 0.29) is 6.61 Å². The number of para-hydroxylation sites is 1. The molecule has 112 valence electrons. The third-order valence-corrected chi connectivity index (χ3v) is 3.71. The predicted octanol–water partition coefficient (Wildman–Crippen LogP) is 3.55. The van der Waals surface area contributed by atoms with Crippen molar-refractivity contribution in [1.82, 2.24) is 9.97 Å². The van der Waals surface area contributed by atoms with Crippen molar-refractivity contribution in [3.63, 3.8) is 0 Å². The van der Waals surface area contributed by atoms with E-state index in [1.165, 1.54) is 5.56 Å². The maximum atomic E-state index is 9.16. The molecule has 0 aliphatic heterocycles. The first kappa shape index (κ1) is 14.4. The molecule has 0 amide bonds. The van der Waals surface area contributed by atoms with Crippen LogP contribution in [0.1, 0.15) is 11.3 Å². The van der Waals surface area contributed by atoms with Gasteiger partial charge in [0.05, 0.1) is 25.6 Å². The zero-order chi connectivity index (χ0) is 15.5. The van der Waals surface area contributed by atoms with Gasteiger partial charge in [-0.1, -0.05) is 30.3 Å². The Balaban J connectivity index is 2.10. The van der Waals surface area contributed by atoms with Crippen LogP contribution in [0.4, 0.5) is 0 Å². The number of imidazole rings is 1. The van der Waals surface area contributed by atoms with E-state index in [1.807, 2.05) is 30.3 Å². The molecule has 22 heavy (non-hydrogen) atoms. The lowest BCUT2D eigenvalue weighted by atomic mass is 9.97. The van der Waals surface area contributed by atoms with Gasteiger partial charge in [0.25, 0.3) is 0 Å². The Hall–Kier alpha value is -2.59. The van der Waals surface area contributed by atoms with Gasteiger partial charge in [-0.2, -0.15) is 0 Å². The number of aryl methyl sites for hydroxylation is 1. The van der Waals surface area contributed by atoms with Crippen LogP contribution in [0.25, 0.3) is 22.5 Å². The van der Waals surface area contributed by atoms with Crippen LogP contribution in [-0.2, 0) is 6.61 Å². The lowest BCUT2D eigenvalue weighted by Crippen LogP contribution is -1.91. The fourth-order valence-corrected chi connectivity index (χ4v) is 2.51. The number of H-pyrrole nitrogens is 1. The number of aliphatic hydroxyl groups excluding tert-OH is 1. The zero-order valence-corrected chi connectivity index (χ0v) is 12.6. The number of aliphatic hydroxyl groups is 1. The minimum absolute atomic E-state index is 0.0434. The third kappa shape index (κ3) is 2.61. The highest BCUT2D eigenvalue weighted by atomic mass is 16.5. The molecule has 4 heteroatoms. The Labute approximate surface area is 129 Å². The van der Waals surface area contributed by atoms with E-state index in [9.17, 15) is 0 Å². The van der Waals surface area contributed by atoms with Crippen molar-refractivity contribution in [2.24, 2.45) is 0 Å². The van der Waals surface area contributed by atoms with Crippen LogP contribution < -0.4 is 4.74 Å². The van der Waals surface area contributed by atoms with Gasteiger partial charge in [-0.25, -0.2) is 4.98 Å². The topological polar surface area (TPSA) is 58.1 Å². The molecule has 1 heterocycles. The number of benzene rings is 2. The van der Waals surface area contributed by atoms with Gasteiger partial charge in [-0.05, 0) is 30.2 Å². The lowest BCUT2D eigenvalue weighted by Gasteiger charge is -2.12. The summed E-state index contributed by atoms with van der Waals surface area (Å²) >= 11 is 0. The van der Waals surface area contributed by atoms with E-state index in [4.69, 9.17) is 9.84 Å². The SMILES string of the molecule is COc1ccccc1-c1cc(-c2ncc(CO)[nH]2)ccc1C.